The van der Waals surface area contributed by atoms with Crippen LogP contribution in [0.5, 0.6) is 0 Å². The zero-order chi connectivity index (χ0) is 11.8. The molecule has 2 unspecified atom stereocenters. The van der Waals surface area contributed by atoms with Crippen LogP contribution in [0, 0.1) is 0 Å². The van der Waals surface area contributed by atoms with Gasteiger partial charge in [0.05, 0.1) is 25.0 Å². The summed E-state index contributed by atoms with van der Waals surface area (Å²) in [6.07, 6.45) is 0.197. The normalized spacial score (nSPS) is 14.5. The summed E-state index contributed by atoms with van der Waals surface area (Å²) < 4.78 is 5.41. The molecule has 88 valence electrons. The molecule has 0 fully saturated rings. The van der Waals surface area contributed by atoms with Crippen molar-refractivity contribution in [2.45, 2.75) is 51.7 Å². The van der Waals surface area contributed by atoms with Gasteiger partial charge in [0.1, 0.15) is 0 Å². The molecule has 0 bridgehead atoms. The molecule has 0 radical (unpaired) electrons. The molecule has 0 amide bonds. The van der Waals surface area contributed by atoms with Gasteiger partial charge in [0.15, 0.2) is 0 Å². The van der Waals surface area contributed by atoms with Gasteiger partial charge in [-0.05, 0) is 12.8 Å². The summed E-state index contributed by atoms with van der Waals surface area (Å²) in [5.74, 6) is -1.85. The molecule has 0 rings (SSSR count). The van der Waals surface area contributed by atoms with Crippen LogP contribution in [0.15, 0.2) is 0 Å². The van der Waals surface area contributed by atoms with E-state index in [2.05, 4.69) is 0 Å². The highest BCUT2D eigenvalue weighted by Crippen LogP contribution is 2.12. The van der Waals surface area contributed by atoms with Gasteiger partial charge in [0, 0.05) is 0 Å². The van der Waals surface area contributed by atoms with E-state index in [1.54, 1.807) is 0 Å². The number of rotatable bonds is 8. The van der Waals surface area contributed by atoms with Crippen LogP contribution in [0.4, 0.5) is 0 Å². The van der Waals surface area contributed by atoms with Gasteiger partial charge in [0.25, 0.3) is 0 Å². The molecule has 0 aliphatic heterocycles. The van der Waals surface area contributed by atoms with Crippen LogP contribution in [0.3, 0.4) is 0 Å². The molecule has 5 nitrogen and oxygen atoms in total. The maximum Gasteiger partial charge on any atom is 0.305 e. The lowest BCUT2D eigenvalue weighted by molar-refractivity contribution is -0.144. The summed E-state index contributed by atoms with van der Waals surface area (Å²) in [6, 6.07) is 0. The minimum atomic E-state index is -0.924. The van der Waals surface area contributed by atoms with Gasteiger partial charge in [-0.1, -0.05) is 13.8 Å². The average Bonchev–Trinajstić information content (AvgIpc) is 2.14. The Morgan fingerprint density at radius 2 is 1.33 bits per heavy atom. The van der Waals surface area contributed by atoms with Gasteiger partial charge < -0.3 is 14.9 Å². The van der Waals surface area contributed by atoms with Gasteiger partial charge >= 0.3 is 11.9 Å². The van der Waals surface area contributed by atoms with Crippen molar-refractivity contribution in [3.05, 3.63) is 0 Å². The number of carboxylic acids is 2. The Labute approximate surface area is 89.0 Å². The number of hydrogen-bond acceptors (Lipinski definition) is 3. The SMILES string of the molecule is CCC(CC(=O)O)OC(CC)CC(=O)O. The van der Waals surface area contributed by atoms with Gasteiger partial charge in [-0.25, -0.2) is 0 Å². The molecular weight excluding hydrogens is 200 g/mol. The number of aliphatic carboxylic acids is 2. The number of carbonyl (C=O) groups is 2. The fraction of sp³-hybridized carbons (Fsp3) is 0.800. The Kier molecular flexibility index (Phi) is 6.70. The molecule has 0 aliphatic rings. The summed E-state index contributed by atoms with van der Waals surface area (Å²) >= 11 is 0. The molecule has 0 saturated carbocycles. The summed E-state index contributed by atoms with van der Waals surface area (Å²) in [5.41, 5.74) is 0. The fourth-order valence-corrected chi connectivity index (χ4v) is 1.24. The molecule has 2 N–H and O–H groups in total. The smallest absolute Gasteiger partial charge is 0.305 e. The van der Waals surface area contributed by atoms with Crippen LogP contribution >= 0.6 is 0 Å². The molecule has 0 aliphatic carbocycles. The monoisotopic (exact) mass is 218 g/mol. The fourth-order valence-electron chi connectivity index (χ4n) is 1.24. The molecular formula is C10H18O5. The maximum atomic E-state index is 10.5. The number of ether oxygens (including phenoxy) is 1. The van der Waals surface area contributed by atoms with Crippen molar-refractivity contribution >= 4 is 11.9 Å². The lowest BCUT2D eigenvalue weighted by Crippen LogP contribution is -2.25. The quantitative estimate of drug-likeness (QED) is 0.645. The minimum Gasteiger partial charge on any atom is -0.481 e. The Morgan fingerprint density at radius 1 is 1.00 bits per heavy atom. The van der Waals surface area contributed by atoms with Crippen LogP contribution in [-0.4, -0.2) is 34.4 Å². The zero-order valence-electron chi connectivity index (χ0n) is 9.10. The lowest BCUT2D eigenvalue weighted by atomic mass is 10.1. The molecule has 0 spiro atoms. The highest BCUT2D eigenvalue weighted by Gasteiger charge is 2.18. The third-order valence-electron chi connectivity index (χ3n) is 2.10. The largest absolute Gasteiger partial charge is 0.481 e. The first-order chi connectivity index (χ1) is 6.99. The molecule has 0 aromatic rings. The summed E-state index contributed by atoms with van der Waals surface area (Å²) in [6.45, 7) is 3.64. The highest BCUT2D eigenvalue weighted by molar-refractivity contribution is 5.68. The molecule has 0 aromatic carbocycles. The molecule has 15 heavy (non-hydrogen) atoms. The van der Waals surface area contributed by atoms with Crippen molar-refractivity contribution in [2.75, 3.05) is 0 Å². The second kappa shape index (κ2) is 7.23. The van der Waals surface area contributed by atoms with Gasteiger partial charge in [0.2, 0.25) is 0 Å². The number of hydrogen-bond donors (Lipinski definition) is 2. The topological polar surface area (TPSA) is 83.8 Å². The van der Waals surface area contributed by atoms with E-state index in [1.165, 1.54) is 0 Å². The Bertz CT molecular complexity index is 192. The van der Waals surface area contributed by atoms with E-state index < -0.39 is 24.1 Å². The average molecular weight is 218 g/mol. The molecule has 0 saturated heterocycles. The second-order valence-electron chi connectivity index (χ2n) is 3.39. The van der Waals surface area contributed by atoms with E-state index in [9.17, 15) is 9.59 Å². The van der Waals surface area contributed by atoms with Crippen LogP contribution in [-0.2, 0) is 14.3 Å². The van der Waals surface area contributed by atoms with Crippen molar-refractivity contribution in [1.82, 2.24) is 0 Å². The van der Waals surface area contributed by atoms with Gasteiger partial charge in [-0.15, -0.1) is 0 Å². The van der Waals surface area contributed by atoms with E-state index >= 15 is 0 Å². The van der Waals surface area contributed by atoms with Crippen LogP contribution in [0.1, 0.15) is 39.5 Å². The molecule has 0 aromatic heterocycles. The first kappa shape index (κ1) is 13.9. The Morgan fingerprint density at radius 3 is 1.53 bits per heavy atom. The summed E-state index contributed by atoms with van der Waals surface area (Å²) in [5, 5.41) is 17.2. The molecule has 5 heteroatoms. The van der Waals surface area contributed by atoms with E-state index in [-0.39, 0.29) is 12.8 Å². The Balaban J connectivity index is 4.10. The van der Waals surface area contributed by atoms with E-state index in [0.29, 0.717) is 12.8 Å². The van der Waals surface area contributed by atoms with Crippen LogP contribution < -0.4 is 0 Å². The third kappa shape index (κ3) is 6.90. The number of carboxylic acid groups (broad SMARTS) is 2. The first-order valence-corrected chi connectivity index (χ1v) is 5.08. The van der Waals surface area contributed by atoms with Crippen molar-refractivity contribution in [3.8, 4) is 0 Å². The van der Waals surface area contributed by atoms with Gasteiger partial charge in [-0.2, -0.15) is 0 Å². The first-order valence-electron chi connectivity index (χ1n) is 5.08. The summed E-state index contributed by atoms with van der Waals surface area (Å²) in [4.78, 5) is 20.9. The predicted octanol–water partition coefficient (Wildman–Crippen LogP) is 1.51. The van der Waals surface area contributed by atoms with Crippen LogP contribution in [0.25, 0.3) is 0 Å². The van der Waals surface area contributed by atoms with Gasteiger partial charge in [-0.3, -0.25) is 9.59 Å². The molecule has 2 atom stereocenters. The van der Waals surface area contributed by atoms with E-state index in [0.717, 1.165) is 0 Å². The second-order valence-corrected chi connectivity index (χ2v) is 3.39. The predicted molar refractivity (Wildman–Crippen MR) is 53.7 cm³/mol. The lowest BCUT2D eigenvalue weighted by Gasteiger charge is -2.20. The van der Waals surface area contributed by atoms with E-state index in [4.69, 9.17) is 14.9 Å². The van der Waals surface area contributed by atoms with Crippen LogP contribution in [0.2, 0.25) is 0 Å². The minimum absolute atomic E-state index is 0.0768. The van der Waals surface area contributed by atoms with Crippen molar-refractivity contribution in [1.29, 1.82) is 0 Å². The third-order valence-corrected chi connectivity index (χ3v) is 2.10. The van der Waals surface area contributed by atoms with E-state index in [1.807, 2.05) is 13.8 Å². The van der Waals surface area contributed by atoms with Crippen molar-refractivity contribution < 1.29 is 24.5 Å². The molecule has 0 heterocycles. The zero-order valence-corrected chi connectivity index (χ0v) is 9.10. The van der Waals surface area contributed by atoms with Crippen molar-refractivity contribution in [3.63, 3.8) is 0 Å². The van der Waals surface area contributed by atoms with Crippen molar-refractivity contribution in [2.24, 2.45) is 0 Å². The summed E-state index contributed by atoms with van der Waals surface area (Å²) in [7, 11) is 0. The highest BCUT2D eigenvalue weighted by atomic mass is 16.5. The Hall–Kier alpha value is -1.10. The standard InChI is InChI=1S/C10H18O5/c1-3-7(5-9(11)12)15-8(4-2)6-10(13)14/h7-8H,3-6H2,1-2H3,(H,11,12)(H,13,14). The maximum absolute atomic E-state index is 10.5.